The summed E-state index contributed by atoms with van der Waals surface area (Å²) in [5.74, 6) is -0.211. The zero-order chi connectivity index (χ0) is 24.6. The molecule has 2 saturated heterocycles. The van der Waals surface area contributed by atoms with E-state index in [2.05, 4.69) is 76.7 Å². The number of hydrogen-bond acceptors (Lipinski definition) is 6. The second-order valence-electron chi connectivity index (χ2n) is 12.6. The summed E-state index contributed by atoms with van der Waals surface area (Å²) in [5, 5.41) is 22.9. The fraction of sp³-hybridized carbons (Fsp3) is 0.917. The molecule has 32 heavy (non-hydrogen) atoms. The number of carbonyl (C=O) groups is 2. The molecule has 2 atom stereocenters. The average Bonchev–Trinajstić information content (AvgIpc) is 2.99. The van der Waals surface area contributed by atoms with Crippen molar-refractivity contribution in [2.75, 3.05) is 19.7 Å². The highest BCUT2D eigenvalue weighted by molar-refractivity contribution is 5.81. The molecule has 2 heterocycles. The van der Waals surface area contributed by atoms with Crippen molar-refractivity contribution in [3.8, 4) is 0 Å². The van der Waals surface area contributed by atoms with Crippen LogP contribution in [0.5, 0.6) is 0 Å². The fourth-order valence-electron chi connectivity index (χ4n) is 5.79. The largest absolute Gasteiger partial charge is 0.394 e. The first-order valence-corrected chi connectivity index (χ1v) is 12.0. The lowest BCUT2D eigenvalue weighted by molar-refractivity contribution is -0.127. The number of rotatable bonds is 9. The Hall–Kier alpha value is -1.22. The van der Waals surface area contributed by atoms with Gasteiger partial charge in [-0.15, -0.1) is 0 Å². The third kappa shape index (κ3) is 6.65. The predicted molar refractivity (Wildman–Crippen MR) is 128 cm³/mol. The van der Waals surface area contributed by atoms with Crippen molar-refractivity contribution < 1.29 is 14.7 Å². The third-order valence-electron chi connectivity index (χ3n) is 7.28. The number of nitrogens with one attached hydrogen (secondary N) is 4. The van der Waals surface area contributed by atoms with Crippen LogP contribution < -0.4 is 27.0 Å². The van der Waals surface area contributed by atoms with Crippen LogP contribution in [0, 0.1) is 11.8 Å². The number of nitrogens with two attached hydrogens (primary N) is 1. The Morgan fingerprint density at radius 3 is 1.44 bits per heavy atom. The molecule has 2 amide bonds. The van der Waals surface area contributed by atoms with E-state index in [0.29, 0.717) is 25.9 Å². The molecule has 2 aliphatic rings. The Balaban J connectivity index is 1.80. The predicted octanol–water partition coefficient (Wildman–Crippen LogP) is 1.02. The molecular formula is C24H47N5O3. The van der Waals surface area contributed by atoms with Gasteiger partial charge in [0, 0.05) is 40.8 Å². The van der Waals surface area contributed by atoms with Crippen molar-refractivity contribution in [1.82, 2.24) is 21.3 Å². The van der Waals surface area contributed by atoms with E-state index < -0.39 is 5.54 Å². The number of carbonyl (C=O) groups excluding carboxylic acids is 2. The lowest BCUT2D eigenvalue weighted by atomic mass is 9.86. The van der Waals surface area contributed by atoms with Gasteiger partial charge < -0.3 is 32.1 Å². The minimum atomic E-state index is -0.855. The summed E-state index contributed by atoms with van der Waals surface area (Å²) in [6, 6.07) is 0. The molecule has 0 spiro atoms. The Morgan fingerprint density at radius 1 is 0.844 bits per heavy atom. The Kier molecular flexibility index (Phi) is 7.77. The Bertz CT molecular complexity index is 648. The topological polar surface area (TPSA) is 129 Å². The van der Waals surface area contributed by atoms with Gasteiger partial charge in [0.1, 0.15) is 0 Å². The molecule has 0 radical (unpaired) electrons. The molecule has 8 nitrogen and oxygen atoms in total. The number of amides is 2. The summed E-state index contributed by atoms with van der Waals surface area (Å²) < 4.78 is 0. The molecule has 2 unspecified atom stereocenters. The van der Waals surface area contributed by atoms with E-state index in [1.54, 1.807) is 0 Å². The van der Waals surface area contributed by atoms with E-state index >= 15 is 0 Å². The summed E-state index contributed by atoms with van der Waals surface area (Å²) in [4.78, 5) is 25.5. The molecular weight excluding hydrogens is 406 g/mol. The van der Waals surface area contributed by atoms with Crippen LogP contribution in [0.1, 0.15) is 81.1 Å². The molecule has 0 aromatic carbocycles. The maximum atomic E-state index is 12.8. The molecule has 7 N–H and O–H groups in total. The van der Waals surface area contributed by atoms with E-state index in [1.165, 1.54) is 0 Å². The van der Waals surface area contributed by atoms with E-state index in [-0.39, 0.29) is 52.4 Å². The zero-order valence-corrected chi connectivity index (χ0v) is 21.4. The van der Waals surface area contributed by atoms with Crippen molar-refractivity contribution in [2.45, 2.75) is 109 Å². The second kappa shape index (κ2) is 9.20. The van der Waals surface area contributed by atoms with Gasteiger partial charge in [-0.25, -0.2) is 0 Å². The van der Waals surface area contributed by atoms with Gasteiger partial charge in [-0.3, -0.25) is 9.59 Å². The third-order valence-corrected chi connectivity index (χ3v) is 7.28. The standard InChI is InChI=1S/C24H47N5O3/c1-20(2)13-16(22(5,6)28-20)18(31)26-11-9-24(25,15-30)10-12-27-19(32)17-14-21(3,4)29-23(17,7)8/h16-17,28-30H,9-15,25H2,1-8H3,(H,26,31)(H,27,32). The lowest BCUT2D eigenvalue weighted by Crippen LogP contribution is -2.51. The van der Waals surface area contributed by atoms with E-state index in [9.17, 15) is 14.7 Å². The van der Waals surface area contributed by atoms with Crippen LogP contribution >= 0.6 is 0 Å². The van der Waals surface area contributed by atoms with Gasteiger partial charge in [0.25, 0.3) is 0 Å². The molecule has 2 aliphatic heterocycles. The molecule has 2 rings (SSSR count). The van der Waals surface area contributed by atoms with E-state index in [0.717, 1.165) is 12.8 Å². The minimum Gasteiger partial charge on any atom is -0.394 e. The highest BCUT2D eigenvalue weighted by Gasteiger charge is 2.48. The first-order chi connectivity index (χ1) is 14.4. The maximum absolute atomic E-state index is 12.8. The molecule has 186 valence electrons. The smallest absolute Gasteiger partial charge is 0.225 e. The SMILES string of the molecule is CC1(C)CC(C(=O)NCCC(N)(CO)CCNC(=O)C2CC(C)(C)NC2(C)C)C(C)(C)N1. The summed E-state index contributed by atoms with van der Waals surface area (Å²) in [5.41, 5.74) is 4.84. The molecule has 0 aliphatic carbocycles. The molecule has 0 aromatic heterocycles. The highest BCUT2D eigenvalue weighted by atomic mass is 16.3. The molecule has 0 saturated carbocycles. The van der Waals surface area contributed by atoms with Crippen LogP contribution in [-0.2, 0) is 9.59 Å². The summed E-state index contributed by atoms with van der Waals surface area (Å²) in [6.07, 6.45) is 2.43. The second-order valence-corrected chi connectivity index (χ2v) is 12.6. The van der Waals surface area contributed by atoms with E-state index in [4.69, 9.17) is 5.73 Å². The van der Waals surface area contributed by atoms with Crippen molar-refractivity contribution in [3.63, 3.8) is 0 Å². The normalized spacial score (nSPS) is 29.3. The van der Waals surface area contributed by atoms with Gasteiger partial charge in [-0.05, 0) is 81.1 Å². The van der Waals surface area contributed by atoms with Crippen LogP contribution in [-0.4, -0.2) is 64.3 Å². The number of hydrogen-bond donors (Lipinski definition) is 6. The van der Waals surface area contributed by atoms with Gasteiger partial charge >= 0.3 is 0 Å². The summed E-state index contributed by atoms with van der Waals surface area (Å²) >= 11 is 0. The molecule has 0 aromatic rings. The first kappa shape index (κ1) is 27.0. The van der Waals surface area contributed by atoms with Crippen molar-refractivity contribution in [3.05, 3.63) is 0 Å². The van der Waals surface area contributed by atoms with Crippen LogP contribution in [0.2, 0.25) is 0 Å². The average molecular weight is 454 g/mol. The summed E-state index contributed by atoms with van der Waals surface area (Å²) in [6.45, 7) is 17.2. The van der Waals surface area contributed by atoms with Gasteiger partial charge in [-0.1, -0.05) is 0 Å². The number of aliphatic hydroxyl groups excluding tert-OH is 1. The van der Waals surface area contributed by atoms with Gasteiger partial charge in [0.15, 0.2) is 0 Å². The Morgan fingerprint density at radius 2 is 1.19 bits per heavy atom. The van der Waals surface area contributed by atoms with E-state index in [1.807, 2.05) is 0 Å². The fourth-order valence-corrected chi connectivity index (χ4v) is 5.79. The van der Waals surface area contributed by atoms with Crippen LogP contribution in [0.4, 0.5) is 0 Å². The van der Waals surface area contributed by atoms with Crippen LogP contribution in [0.15, 0.2) is 0 Å². The van der Waals surface area contributed by atoms with Crippen molar-refractivity contribution in [2.24, 2.45) is 17.6 Å². The van der Waals surface area contributed by atoms with Crippen molar-refractivity contribution in [1.29, 1.82) is 0 Å². The minimum absolute atomic E-state index is 0.0141. The van der Waals surface area contributed by atoms with Gasteiger partial charge in [0.05, 0.1) is 18.4 Å². The Labute approximate surface area is 194 Å². The molecule has 8 heteroatoms. The monoisotopic (exact) mass is 453 g/mol. The van der Waals surface area contributed by atoms with Crippen LogP contribution in [0.25, 0.3) is 0 Å². The molecule has 2 fully saturated rings. The van der Waals surface area contributed by atoms with Gasteiger partial charge in [-0.2, -0.15) is 0 Å². The van der Waals surface area contributed by atoms with Crippen LogP contribution in [0.3, 0.4) is 0 Å². The lowest BCUT2D eigenvalue weighted by Gasteiger charge is -2.30. The van der Waals surface area contributed by atoms with Crippen molar-refractivity contribution >= 4 is 11.8 Å². The highest BCUT2D eigenvalue weighted by Crippen LogP contribution is 2.36. The number of aliphatic hydroxyl groups is 1. The van der Waals surface area contributed by atoms with Gasteiger partial charge in [0.2, 0.25) is 11.8 Å². The zero-order valence-electron chi connectivity index (χ0n) is 21.4. The summed E-state index contributed by atoms with van der Waals surface area (Å²) in [7, 11) is 0. The maximum Gasteiger partial charge on any atom is 0.225 e. The first-order valence-electron chi connectivity index (χ1n) is 12.0. The molecule has 0 bridgehead atoms. The quantitative estimate of drug-likeness (QED) is 0.309.